The zero-order valence-electron chi connectivity index (χ0n) is 5.20. The second kappa shape index (κ2) is 2.60. The summed E-state index contributed by atoms with van der Waals surface area (Å²) in [4.78, 5) is 0. The molecular weight excluding hydrogens is 138 g/mol. The zero-order valence-corrected chi connectivity index (χ0v) is 6.02. The van der Waals surface area contributed by atoms with Gasteiger partial charge in [0.1, 0.15) is 11.0 Å². The van der Waals surface area contributed by atoms with Gasteiger partial charge in [-0.2, -0.15) is 0 Å². The molecule has 9 heavy (non-hydrogen) atoms. The minimum absolute atomic E-state index is 0.0239. The molecular formula is C5H9NO2S. The normalized spacial score (nSPS) is 28.7. The summed E-state index contributed by atoms with van der Waals surface area (Å²) in [6.07, 6.45) is 0. The third-order valence-electron chi connectivity index (χ3n) is 1.20. The van der Waals surface area contributed by atoms with Crippen LogP contribution in [0.5, 0.6) is 0 Å². The van der Waals surface area contributed by atoms with E-state index in [0.717, 1.165) is 5.57 Å². The Morgan fingerprint density at radius 2 is 2.67 bits per heavy atom. The van der Waals surface area contributed by atoms with Crippen LogP contribution in [0.3, 0.4) is 0 Å². The van der Waals surface area contributed by atoms with Crippen molar-refractivity contribution < 1.29 is 9.32 Å². The summed E-state index contributed by atoms with van der Waals surface area (Å²) in [5.74, 6) is 0. The predicted octanol–water partition coefficient (Wildman–Crippen LogP) is -0.528. The quantitative estimate of drug-likeness (QED) is 0.541. The van der Waals surface area contributed by atoms with E-state index in [-0.39, 0.29) is 6.61 Å². The summed E-state index contributed by atoms with van der Waals surface area (Å²) in [7, 11) is 0.773. The number of rotatable bonds is 1. The average Bonchev–Trinajstić information content (AvgIpc) is 2.13. The van der Waals surface area contributed by atoms with Crippen LogP contribution in [0, 0.1) is 0 Å². The molecule has 0 bridgehead atoms. The molecule has 0 aliphatic carbocycles. The summed E-state index contributed by atoms with van der Waals surface area (Å²) in [5.41, 5.74) is 0.843. The van der Waals surface area contributed by atoms with E-state index in [9.17, 15) is 4.21 Å². The van der Waals surface area contributed by atoms with Crippen LogP contribution in [0.2, 0.25) is 0 Å². The molecule has 0 fully saturated rings. The van der Waals surface area contributed by atoms with Crippen LogP contribution in [-0.2, 0) is 11.0 Å². The average molecular weight is 147 g/mol. The number of hydrogen-bond acceptors (Lipinski definition) is 2. The van der Waals surface area contributed by atoms with Gasteiger partial charge in [-0.25, -0.2) is 8.51 Å². The third kappa shape index (κ3) is 1.38. The Balaban J connectivity index is 2.62. The van der Waals surface area contributed by atoms with Crippen LogP contribution in [0.4, 0.5) is 0 Å². The van der Waals surface area contributed by atoms with Gasteiger partial charge in [-0.3, -0.25) is 0 Å². The molecule has 0 amide bonds. The maximum absolute atomic E-state index is 10.8. The fraction of sp³-hybridized carbons (Fsp3) is 0.600. The van der Waals surface area contributed by atoms with Gasteiger partial charge < -0.3 is 5.11 Å². The minimum atomic E-state index is -0.986. The molecule has 1 atom stereocenters. The molecule has 0 spiro atoms. The van der Waals surface area contributed by atoms with Gasteiger partial charge in [0, 0.05) is 19.0 Å². The van der Waals surface area contributed by atoms with Crippen molar-refractivity contribution >= 4 is 11.0 Å². The second-order valence-electron chi connectivity index (χ2n) is 2.00. The number of likely N-dealkylation sites (N-methyl/N-ethyl adjacent to an activating group) is 1. The van der Waals surface area contributed by atoms with Gasteiger partial charge in [-0.1, -0.05) is 0 Å². The van der Waals surface area contributed by atoms with Crippen molar-refractivity contribution in [3.8, 4) is 0 Å². The monoisotopic (exact) mass is 147 g/mol. The molecule has 1 heterocycles. The molecule has 1 aliphatic rings. The second-order valence-corrected chi connectivity index (χ2v) is 3.41. The molecule has 0 radical (unpaired) electrons. The lowest BCUT2D eigenvalue weighted by Crippen LogP contribution is -2.15. The first-order chi connectivity index (χ1) is 4.24. The molecule has 1 unspecified atom stereocenters. The zero-order chi connectivity index (χ0) is 6.85. The van der Waals surface area contributed by atoms with Crippen molar-refractivity contribution in [2.24, 2.45) is 0 Å². The Morgan fingerprint density at radius 3 is 2.89 bits per heavy atom. The van der Waals surface area contributed by atoms with Crippen LogP contribution in [0.25, 0.3) is 0 Å². The molecule has 1 aliphatic heterocycles. The van der Waals surface area contributed by atoms with Crippen LogP contribution < -0.4 is 0 Å². The van der Waals surface area contributed by atoms with Crippen molar-refractivity contribution in [1.29, 1.82) is 0 Å². The van der Waals surface area contributed by atoms with E-state index in [1.54, 1.807) is 16.8 Å². The largest absolute Gasteiger partial charge is 0.392 e. The Bertz CT molecular complexity index is 166. The summed E-state index contributed by atoms with van der Waals surface area (Å²) in [6, 6.07) is 0. The van der Waals surface area contributed by atoms with Crippen LogP contribution in [0.15, 0.2) is 11.0 Å². The maximum Gasteiger partial charge on any atom is 0.120 e. The molecule has 0 aromatic carbocycles. The highest BCUT2D eigenvalue weighted by Gasteiger charge is 2.15. The number of aliphatic hydroxyl groups is 1. The van der Waals surface area contributed by atoms with Gasteiger partial charge in [0.15, 0.2) is 0 Å². The van der Waals surface area contributed by atoms with Gasteiger partial charge in [0.25, 0.3) is 0 Å². The van der Waals surface area contributed by atoms with Gasteiger partial charge in [0.05, 0.1) is 6.61 Å². The fourth-order valence-corrected chi connectivity index (χ4v) is 1.61. The Kier molecular flexibility index (Phi) is 2.00. The fourth-order valence-electron chi connectivity index (χ4n) is 0.707. The topological polar surface area (TPSA) is 40.5 Å². The first kappa shape index (κ1) is 6.92. The first-order valence-corrected chi connectivity index (χ1v) is 3.83. The molecule has 3 nitrogen and oxygen atoms in total. The van der Waals surface area contributed by atoms with E-state index in [0.29, 0.717) is 6.54 Å². The number of nitrogens with zero attached hydrogens (tertiary/aromatic N) is 1. The van der Waals surface area contributed by atoms with Crippen molar-refractivity contribution in [1.82, 2.24) is 4.31 Å². The summed E-state index contributed by atoms with van der Waals surface area (Å²) < 4.78 is 12.5. The van der Waals surface area contributed by atoms with Crippen LogP contribution in [-0.4, -0.2) is 33.8 Å². The highest BCUT2D eigenvalue weighted by atomic mass is 32.2. The summed E-state index contributed by atoms with van der Waals surface area (Å²) in [6.45, 7) is 0.652. The van der Waals surface area contributed by atoms with E-state index < -0.39 is 11.0 Å². The molecule has 4 heteroatoms. The van der Waals surface area contributed by atoms with Crippen molar-refractivity contribution in [3.63, 3.8) is 0 Å². The third-order valence-corrected chi connectivity index (χ3v) is 2.48. The van der Waals surface area contributed by atoms with Crippen molar-refractivity contribution in [2.45, 2.75) is 0 Å². The van der Waals surface area contributed by atoms with Gasteiger partial charge >= 0.3 is 0 Å². The van der Waals surface area contributed by atoms with Gasteiger partial charge in [-0.05, 0) is 5.57 Å². The summed E-state index contributed by atoms with van der Waals surface area (Å²) in [5, 5.41) is 10.2. The lowest BCUT2D eigenvalue weighted by atomic mass is 10.3. The van der Waals surface area contributed by atoms with Gasteiger partial charge in [-0.15, -0.1) is 0 Å². The minimum Gasteiger partial charge on any atom is -0.392 e. The molecule has 0 aromatic rings. The van der Waals surface area contributed by atoms with E-state index in [1.165, 1.54) is 0 Å². The lowest BCUT2D eigenvalue weighted by Gasteiger charge is -2.03. The van der Waals surface area contributed by atoms with Crippen LogP contribution >= 0.6 is 0 Å². The lowest BCUT2D eigenvalue weighted by molar-refractivity contribution is 0.325. The standard InChI is InChI=1S/C5H9NO2S/c1-6-2-5(3-7)4-9(6)8/h4,7H,2-3H2,1H3. The first-order valence-electron chi connectivity index (χ1n) is 2.66. The molecule has 0 saturated heterocycles. The predicted molar refractivity (Wildman–Crippen MR) is 35.9 cm³/mol. The molecule has 1 N–H and O–H groups in total. The van der Waals surface area contributed by atoms with Crippen LogP contribution in [0.1, 0.15) is 0 Å². The molecule has 0 aromatic heterocycles. The molecule has 52 valence electrons. The van der Waals surface area contributed by atoms with Crippen molar-refractivity contribution in [2.75, 3.05) is 20.2 Å². The maximum atomic E-state index is 10.8. The molecule has 1 rings (SSSR count). The van der Waals surface area contributed by atoms with Gasteiger partial charge in [0.2, 0.25) is 0 Å². The van der Waals surface area contributed by atoms with E-state index in [2.05, 4.69) is 0 Å². The summed E-state index contributed by atoms with van der Waals surface area (Å²) >= 11 is 0. The highest BCUT2D eigenvalue weighted by Crippen LogP contribution is 2.10. The highest BCUT2D eigenvalue weighted by molar-refractivity contribution is 7.85. The Labute approximate surface area is 56.6 Å². The van der Waals surface area contributed by atoms with E-state index in [1.807, 2.05) is 0 Å². The SMILES string of the molecule is CN1CC(CO)=CS1=O. The molecule has 0 saturated carbocycles. The van der Waals surface area contributed by atoms with Crippen molar-refractivity contribution in [3.05, 3.63) is 11.0 Å². The Morgan fingerprint density at radius 1 is 2.00 bits per heavy atom. The number of hydrogen-bond donors (Lipinski definition) is 1. The van der Waals surface area contributed by atoms with E-state index >= 15 is 0 Å². The number of aliphatic hydroxyl groups excluding tert-OH is 1. The Hall–Kier alpha value is -0.190. The van der Waals surface area contributed by atoms with E-state index in [4.69, 9.17) is 5.11 Å². The smallest absolute Gasteiger partial charge is 0.120 e.